The normalized spacial score (nSPS) is 10.4. The van der Waals surface area contributed by atoms with Gasteiger partial charge in [-0.15, -0.1) is 0 Å². The maximum atomic E-state index is 11.1. The Morgan fingerprint density at radius 3 is 2.88 bits per heavy atom. The summed E-state index contributed by atoms with van der Waals surface area (Å²) in [6, 6.07) is 5.28. The zero-order valence-corrected chi connectivity index (χ0v) is 10.3. The molecule has 0 spiro atoms. The second-order valence-corrected chi connectivity index (χ2v) is 4.38. The Hall–Kier alpha value is -1.33. The molecule has 0 radical (unpaired) electrons. The Labute approximate surface area is 105 Å². The Morgan fingerprint density at radius 1 is 1.50 bits per heavy atom. The van der Waals surface area contributed by atoms with Gasteiger partial charge in [-0.3, -0.25) is 4.79 Å². The number of aromatic nitrogens is 2. The molecule has 3 N–H and O–H groups in total. The lowest BCUT2D eigenvalue weighted by Gasteiger charge is -2.01. The summed E-state index contributed by atoms with van der Waals surface area (Å²) in [4.78, 5) is 17.9. The van der Waals surface area contributed by atoms with Gasteiger partial charge in [0.1, 0.15) is 11.4 Å². The van der Waals surface area contributed by atoms with Crippen LogP contribution in [0.15, 0.2) is 29.0 Å². The monoisotopic (exact) mass is 299 g/mol. The summed E-state index contributed by atoms with van der Waals surface area (Å²) in [6.07, 6.45) is 1.43. The van der Waals surface area contributed by atoms with Crippen molar-refractivity contribution in [2.24, 2.45) is 5.73 Å². The van der Waals surface area contributed by atoms with Crippen molar-refractivity contribution in [2.75, 3.05) is 0 Å². The van der Waals surface area contributed by atoms with Gasteiger partial charge in [0, 0.05) is 10.0 Å². The largest absolute Gasteiger partial charge is 0.364 e. The third kappa shape index (κ3) is 1.96. The van der Waals surface area contributed by atoms with E-state index in [9.17, 15) is 4.79 Å². The highest BCUT2D eigenvalue weighted by Gasteiger charge is 2.13. The third-order valence-electron chi connectivity index (χ3n) is 2.08. The average molecular weight is 301 g/mol. The van der Waals surface area contributed by atoms with Gasteiger partial charge in [0.15, 0.2) is 0 Å². The molecule has 0 aliphatic heterocycles. The van der Waals surface area contributed by atoms with E-state index in [1.165, 1.54) is 6.33 Å². The van der Waals surface area contributed by atoms with E-state index in [0.29, 0.717) is 10.7 Å². The molecule has 0 aliphatic rings. The molecule has 1 aromatic carbocycles. The molecule has 1 amide bonds. The molecule has 2 aromatic rings. The van der Waals surface area contributed by atoms with Crippen molar-refractivity contribution in [3.8, 4) is 11.3 Å². The number of H-pyrrole nitrogens is 1. The van der Waals surface area contributed by atoms with Gasteiger partial charge in [0.2, 0.25) is 0 Å². The van der Waals surface area contributed by atoms with E-state index in [1.807, 2.05) is 0 Å². The standard InChI is InChI=1S/C10H7BrClN3O/c11-6-3-5(1-2-7(6)12)8-9(10(13)16)15-4-14-8/h1-4H,(H2,13,16)(H,14,15). The van der Waals surface area contributed by atoms with Crippen molar-refractivity contribution in [1.82, 2.24) is 9.97 Å². The molecule has 1 aromatic heterocycles. The number of imidazole rings is 1. The van der Waals surface area contributed by atoms with Crippen molar-refractivity contribution < 1.29 is 4.79 Å². The van der Waals surface area contributed by atoms with Crippen molar-refractivity contribution >= 4 is 33.4 Å². The SMILES string of the molecule is NC(=O)c1[nH]cnc1-c1ccc(Cl)c(Br)c1. The third-order valence-corrected chi connectivity index (χ3v) is 3.29. The minimum atomic E-state index is -0.543. The molecular weight excluding hydrogens is 293 g/mol. The van der Waals surface area contributed by atoms with Gasteiger partial charge in [-0.25, -0.2) is 4.98 Å². The Kier molecular flexibility index (Phi) is 2.98. The van der Waals surface area contributed by atoms with Gasteiger partial charge < -0.3 is 10.7 Å². The number of carbonyl (C=O) groups is 1. The number of benzene rings is 1. The lowest BCUT2D eigenvalue weighted by molar-refractivity contribution is 0.0996. The van der Waals surface area contributed by atoms with E-state index >= 15 is 0 Å². The van der Waals surface area contributed by atoms with Crippen LogP contribution in [0.2, 0.25) is 5.02 Å². The van der Waals surface area contributed by atoms with Crippen LogP contribution in [0, 0.1) is 0 Å². The molecule has 82 valence electrons. The first-order chi connectivity index (χ1) is 7.59. The zero-order chi connectivity index (χ0) is 11.7. The number of amides is 1. The summed E-state index contributed by atoms with van der Waals surface area (Å²) < 4.78 is 0.741. The molecule has 2 rings (SSSR count). The van der Waals surface area contributed by atoms with Crippen LogP contribution in [0.3, 0.4) is 0 Å². The molecule has 0 unspecified atom stereocenters. The molecule has 0 saturated heterocycles. The highest BCUT2D eigenvalue weighted by atomic mass is 79.9. The van der Waals surface area contributed by atoms with Gasteiger partial charge in [-0.1, -0.05) is 17.7 Å². The van der Waals surface area contributed by atoms with Crippen molar-refractivity contribution in [3.05, 3.63) is 39.7 Å². The maximum absolute atomic E-state index is 11.1. The summed E-state index contributed by atoms with van der Waals surface area (Å²) in [5.74, 6) is -0.543. The predicted molar refractivity (Wildman–Crippen MR) is 65.3 cm³/mol. The minimum Gasteiger partial charge on any atom is -0.364 e. The van der Waals surface area contributed by atoms with Crippen LogP contribution in [0.1, 0.15) is 10.5 Å². The highest BCUT2D eigenvalue weighted by Crippen LogP contribution is 2.28. The summed E-state index contributed by atoms with van der Waals surface area (Å²) in [5.41, 5.74) is 6.79. The van der Waals surface area contributed by atoms with Crippen molar-refractivity contribution in [2.45, 2.75) is 0 Å². The first kappa shape index (κ1) is 11.2. The van der Waals surface area contributed by atoms with Crippen molar-refractivity contribution in [1.29, 1.82) is 0 Å². The molecule has 4 nitrogen and oxygen atoms in total. The number of hydrogen-bond donors (Lipinski definition) is 2. The van der Waals surface area contributed by atoms with Gasteiger partial charge >= 0.3 is 0 Å². The average Bonchev–Trinajstić information content (AvgIpc) is 2.71. The fraction of sp³-hybridized carbons (Fsp3) is 0. The van der Waals surface area contributed by atoms with Crippen LogP contribution in [-0.4, -0.2) is 15.9 Å². The number of nitrogens with one attached hydrogen (secondary N) is 1. The van der Waals surface area contributed by atoms with E-state index in [-0.39, 0.29) is 5.69 Å². The summed E-state index contributed by atoms with van der Waals surface area (Å²) in [5, 5.41) is 0.597. The fourth-order valence-corrected chi connectivity index (χ4v) is 1.84. The maximum Gasteiger partial charge on any atom is 0.267 e. The number of primary amides is 1. The highest BCUT2D eigenvalue weighted by molar-refractivity contribution is 9.10. The molecule has 0 fully saturated rings. The molecule has 0 bridgehead atoms. The molecule has 0 atom stereocenters. The van der Waals surface area contributed by atoms with E-state index in [4.69, 9.17) is 17.3 Å². The van der Waals surface area contributed by atoms with E-state index in [0.717, 1.165) is 10.0 Å². The Morgan fingerprint density at radius 2 is 2.25 bits per heavy atom. The smallest absolute Gasteiger partial charge is 0.267 e. The second kappa shape index (κ2) is 4.27. The molecule has 16 heavy (non-hydrogen) atoms. The molecule has 1 heterocycles. The molecular formula is C10H7BrClN3O. The van der Waals surface area contributed by atoms with E-state index < -0.39 is 5.91 Å². The number of hydrogen-bond acceptors (Lipinski definition) is 2. The van der Waals surface area contributed by atoms with Crippen LogP contribution in [0.5, 0.6) is 0 Å². The van der Waals surface area contributed by atoms with Gasteiger partial charge in [-0.05, 0) is 28.1 Å². The number of rotatable bonds is 2. The van der Waals surface area contributed by atoms with Crippen LogP contribution < -0.4 is 5.73 Å². The van der Waals surface area contributed by atoms with Crippen LogP contribution in [0.25, 0.3) is 11.3 Å². The summed E-state index contributed by atoms with van der Waals surface area (Å²) >= 11 is 9.18. The van der Waals surface area contributed by atoms with Crippen LogP contribution in [-0.2, 0) is 0 Å². The number of carbonyl (C=O) groups excluding carboxylic acids is 1. The zero-order valence-electron chi connectivity index (χ0n) is 8.00. The van der Waals surface area contributed by atoms with E-state index in [1.54, 1.807) is 18.2 Å². The van der Waals surface area contributed by atoms with E-state index in [2.05, 4.69) is 25.9 Å². The Bertz CT molecular complexity index is 553. The number of aromatic amines is 1. The number of halogens is 2. The van der Waals surface area contributed by atoms with Gasteiger partial charge in [0.05, 0.1) is 11.3 Å². The number of nitrogens with two attached hydrogens (primary N) is 1. The van der Waals surface area contributed by atoms with Gasteiger partial charge in [-0.2, -0.15) is 0 Å². The molecule has 0 saturated carbocycles. The lowest BCUT2D eigenvalue weighted by atomic mass is 10.1. The first-order valence-electron chi connectivity index (χ1n) is 4.38. The topological polar surface area (TPSA) is 71.8 Å². The Balaban J connectivity index is 2.54. The first-order valence-corrected chi connectivity index (χ1v) is 5.55. The van der Waals surface area contributed by atoms with Crippen LogP contribution >= 0.6 is 27.5 Å². The van der Waals surface area contributed by atoms with Crippen LogP contribution in [0.4, 0.5) is 0 Å². The summed E-state index contributed by atoms with van der Waals surface area (Å²) in [6.45, 7) is 0. The van der Waals surface area contributed by atoms with Gasteiger partial charge in [0.25, 0.3) is 5.91 Å². The lowest BCUT2D eigenvalue weighted by Crippen LogP contribution is -2.12. The second-order valence-electron chi connectivity index (χ2n) is 3.12. The van der Waals surface area contributed by atoms with Crippen molar-refractivity contribution in [3.63, 3.8) is 0 Å². The summed E-state index contributed by atoms with van der Waals surface area (Å²) in [7, 11) is 0. The molecule has 0 aliphatic carbocycles. The molecule has 6 heteroatoms. The fourth-order valence-electron chi connectivity index (χ4n) is 1.34. The quantitative estimate of drug-likeness (QED) is 0.895. The minimum absolute atomic E-state index is 0.286. The number of nitrogens with zero attached hydrogens (tertiary/aromatic N) is 1. The predicted octanol–water partition coefficient (Wildman–Crippen LogP) is 2.59.